The van der Waals surface area contributed by atoms with Crippen molar-refractivity contribution in [2.24, 2.45) is 5.92 Å². The van der Waals surface area contributed by atoms with Crippen molar-refractivity contribution in [3.63, 3.8) is 0 Å². The molecule has 7 heteroatoms. The minimum Gasteiger partial charge on any atom is -0.379 e. The van der Waals surface area contributed by atoms with Crippen LogP contribution in [0.4, 0.5) is 5.82 Å². The van der Waals surface area contributed by atoms with E-state index in [1.165, 1.54) is 19.3 Å². The van der Waals surface area contributed by atoms with Crippen molar-refractivity contribution in [3.8, 4) is 0 Å². The van der Waals surface area contributed by atoms with Crippen molar-refractivity contribution >= 4 is 11.7 Å². The summed E-state index contributed by atoms with van der Waals surface area (Å²) in [6, 6.07) is 6.02. The smallest absolute Gasteiger partial charge is 0.255 e. The summed E-state index contributed by atoms with van der Waals surface area (Å²) < 4.78 is 11.0. The van der Waals surface area contributed by atoms with Crippen LogP contribution < -0.4 is 10.2 Å². The van der Waals surface area contributed by atoms with E-state index in [9.17, 15) is 4.79 Å². The largest absolute Gasteiger partial charge is 0.379 e. The summed E-state index contributed by atoms with van der Waals surface area (Å²) in [5.74, 6) is 1.67. The number of carbonyl (C=O) groups excluding carboxylic acids is 1. The van der Waals surface area contributed by atoms with Crippen LogP contribution >= 0.6 is 0 Å². The summed E-state index contributed by atoms with van der Waals surface area (Å²) in [7, 11) is 2.06. The van der Waals surface area contributed by atoms with Crippen molar-refractivity contribution in [1.29, 1.82) is 0 Å². The van der Waals surface area contributed by atoms with E-state index in [0.717, 1.165) is 30.1 Å². The van der Waals surface area contributed by atoms with Crippen LogP contribution in [0.25, 0.3) is 0 Å². The van der Waals surface area contributed by atoms with Gasteiger partial charge in [-0.15, -0.1) is 0 Å². The van der Waals surface area contributed by atoms with Crippen LogP contribution in [-0.2, 0) is 11.2 Å². The van der Waals surface area contributed by atoms with Gasteiger partial charge in [0.1, 0.15) is 11.6 Å². The average molecular weight is 399 g/mol. The van der Waals surface area contributed by atoms with Crippen LogP contribution in [0.2, 0.25) is 0 Å². The number of nitrogens with zero attached hydrogens (tertiary/aromatic N) is 3. The van der Waals surface area contributed by atoms with Gasteiger partial charge in [-0.1, -0.05) is 24.4 Å². The number of anilines is 1. The Morgan fingerprint density at radius 3 is 2.86 bits per heavy atom. The summed E-state index contributed by atoms with van der Waals surface area (Å²) in [6.07, 6.45) is 8.56. The molecule has 1 saturated heterocycles. The molecular weight excluding hydrogens is 368 g/mol. The third-order valence-corrected chi connectivity index (χ3v) is 6.14. The van der Waals surface area contributed by atoms with E-state index in [2.05, 4.69) is 27.4 Å². The van der Waals surface area contributed by atoms with Crippen molar-refractivity contribution in [2.45, 2.75) is 57.5 Å². The van der Waals surface area contributed by atoms with E-state index in [-0.39, 0.29) is 17.9 Å². The third kappa shape index (κ3) is 4.61. The first-order valence-electron chi connectivity index (χ1n) is 10.6. The number of aromatic nitrogens is 2. The Morgan fingerprint density at radius 2 is 2.10 bits per heavy atom. The molecule has 4 rings (SSSR count). The number of pyridine rings is 1. The maximum absolute atomic E-state index is 13.1. The fourth-order valence-corrected chi connectivity index (χ4v) is 4.47. The zero-order valence-corrected chi connectivity index (χ0v) is 17.3. The molecule has 2 aliphatic rings. The van der Waals surface area contributed by atoms with E-state index in [0.29, 0.717) is 31.2 Å². The summed E-state index contributed by atoms with van der Waals surface area (Å²) in [6.45, 7) is 3.02. The van der Waals surface area contributed by atoms with Gasteiger partial charge in [0.2, 0.25) is 0 Å². The molecule has 1 aliphatic carbocycles. The lowest BCUT2D eigenvalue weighted by atomic mass is 9.94. The van der Waals surface area contributed by atoms with E-state index in [1.54, 1.807) is 6.20 Å². The quantitative estimate of drug-likeness (QED) is 0.805. The first-order chi connectivity index (χ1) is 14.1. The van der Waals surface area contributed by atoms with Gasteiger partial charge in [0.05, 0.1) is 30.5 Å². The van der Waals surface area contributed by atoms with Crippen molar-refractivity contribution in [1.82, 2.24) is 15.5 Å². The number of hydrogen-bond acceptors (Lipinski definition) is 6. The van der Waals surface area contributed by atoms with Crippen LogP contribution in [0.1, 0.15) is 53.9 Å². The second-order valence-corrected chi connectivity index (χ2v) is 8.29. The van der Waals surface area contributed by atoms with Crippen LogP contribution in [0.15, 0.2) is 28.9 Å². The molecule has 3 heterocycles. The van der Waals surface area contributed by atoms with Gasteiger partial charge in [-0.25, -0.2) is 4.98 Å². The number of carbonyl (C=O) groups is 1. The Labute approximate surface area is 171 Å². The molecular formula is C22H30N4O3. The van der Waals surface area contributed by atoms with E-state index in [1.807, 2.05) is 25.1 Å². The Morgan fingerprint density at radius 1 is 1.28 bits per heavy atom. The molecule has 2 aromatic heterocycles. The SMILES string of the molecule is Cc1cc(C[C@@H]2COC[C@@H]2NC(=O)c2cccnc2N(C)C2CCCCC2)on1. The van der Waals surface area contributed by atoms with Gasteiger partial charge in [-0.05, 0) is 31.9 Å². The molecule has 1 N–H and O–H groups in total. The summed E-state index contributed by atoms with van der Waals surface area (Å²) in [5.41, 5.74) is 1.49. The van der Waals surface area contributed by atoms with Crippen LogP contribution in [-0.4, -0.2) is 48.4 Å². The van der Waals surface area contributed by atoms with Gasteiger partial charge in [-0.2, -0.15) is 0 Å². The lowest BCUT2D eigenvalue weighted by Gasteiger charge is -2.33. The fourth-order valence-electron chi connectivity index (χ4n) is 4.47. The summed E-state index contributed by atoms with van der Waals surface area (Å²) in [4.78, 5) is 19.9. The van der Waals surface area contributed by atoms with Crippen LogP contribution in [0, 0.1) is 12.8 Å². The molecule has 156 valence electrons. The third-order valence-electron chi connectivity index (χ3n) is 6.14. The molecule has 0 unspecified atom stereocenters. The number of aryl methyl sites for hydroxylation is 1. The maximum atomic E-state index is 13.1. The summed E-state index contributed by atoms with van der Waals surface area (Å²) in [5, 5.41) is 7.13. The van der Waals surface area contributed by atoms with Gasteiger partial charge in [0.15, 0.2) is 0 Å². The fraction of sp³-hybridized carbons (Fsp3) is 0.591. The van der Waals surface area contributed by atoms with E-state index < -0.39 is 0 Å². The van der Waals surface area contributed by atoms with Gasteiger partial charge in [-0.3, -0.25) is 4.79 Å². The lowest BCUT2D eigenvalue weighted by Crippen LogP contribution is -2.42. The topological polar surface area (TPSA) is 80.5 Å². The molecule has 1 saturated carbocycles. The maximum Gasteiger partial charge on any atom is 0.255 e. The number of ether oxygens (including phenoxy) is 1. The minimum absolute atomic E-state index is 0.0547. The molecule has 7 nitrogen and oxygen atoms in total. The standard InChI is InChI=1S/C22H30N4O3/c1-15-11-18(29-25-15)12-16-13-28-14-20(16)24-22(27)19-9-6-10-23-21(19)26(2)17-7-4-3-5-8-17/h6,9-11,16-17,20H,3-5,7-8,12-14H2,1-2H3,(H,24,27)/t16-,20+/m1/s1. The molecule has 1 amide bonds. The predicted molar refractivity (Wildman–Crippen MR) is 110 cm³/mol. The highest BCUT2D eigenvalue weighted by Crippen LogP contribution is 2.27. The van der Waals surface area contributed by atoms with Crippen molar-refractivity contribution < 1.29 is 14.1 Å². The van der Waals surface area contributed by atoms with E-state index >= 15 is 0 Å². The Kier molecular flexibility index (Phi) is 6.13. The Hall–Kier alpha value is -2.41. The predicted octanol–water partition coefficient (Wildman–Crippen LogP) is 3.13. The first-order valence-corrected chi connectivity index (χ1v) is 10.6. The summed E-state index contributed by atoms with van der Waals surface area (Å²) >= 11 is 0. The molecule has 0 spiro atoms. The molecule has 2 fully saturated rings. The van der Waals surface area contributed by atoms with Crippen molar-refractivity contribution in [3.05, 3.63) is 41.4 Å². The Bertz CT molecular complexity index is 831. The normalized spacial score (nSPS) is 22.6. The molecule has 29 heavy (non-hydrogen) atoms. The number of amides is 1. The van der Waals surface area contributed by atoms with Gasteiger partial charge >= 0.3 is 0 Å². The second kappa shape index (κ2) is 8.95. The molecule has 0 bridgehead atoms. The number of hydrogen-bond donors (Lipinski definition) is 1. The highest BCUT2D eigenvalue weighted by Gasteiger charge is 2.32. The van der Waals surface area contributed by atoms with Crippen LogP contribution in [0.3, 0.4) is 0 Å². The average Bonchev–Trinajstić information content (AvgIpc) is 3.37. The molecule has 0 aromatic carbocycles. The highest BCUT2D eigenvalue weighted by molar-refractivity contribution is 5.99. The molecule has 1 aliphatic heterocycles. The molecule has 2 atom stereocenters. The molecule has 2 aromatic rings. The van der Waals surface area contributed by atoms with Crippen LogP contribution in [0.5, 0.6) is 0 Å². The van der Waals surface area contributed by atoms with Crippen molar-refractivity contribution in [2.75, 3.05) is 25.2 Å². The van der Waals surface area contributed by atoms with Gasteiger partial charge in [0.25, 0.3) is 5.91 Å². The monoisotopic (exact) mass is 398 g/mol. The first kappa shape index (κ1) is 19.9. The minimum atomic E-state index is -0.0926. The Balaban J connectivity index is 1.45. The zero-order valence-electron chi connectivity index (χ0n) is 17.3. The van der Waals surface area contributed by atoms with E-state index in [4.69, 9.17) is 9.26 Å². The van der Waals surface area contributed by atoms with Gasteiger partial charge in [0, 0.05) is 37.7 Å². The number of rotatable bonds is 6. The van der Waals surface area contributed by atoms with Gasteiger partial charge < -0.3 is 19.5 Å². The number of nitrogens with one attached hydrogen (secondary N) is 1. The molecule has 0 radical (unpaired) electrons. The highest BCUT2D eigenvalue weighted by atomic mass is 16.5. The second-order valence-electron chi connectivity index (χ2n) is 8.29. The zero-order chi connectivity index (χ0) is 20.2. The lowest BCUT2D eigenvalue weighted by molar-refractivity contribution is 0.0924.